The van der Waals surface area contributed by atoms with Crippen LogP contribution in [-0.4, -0.2) is 15.0 Å². The number of rotatable bonds is 5. The Balaban J connectivity index is 1.49. The highest BCUT2D eigenvalue weighted by atomic mass is 14.7. The summed E-state index contributed by atoms with van der Waals surface area (Å²) < 4.78 is 0. The van der Waals surface area contributed by atoms with Gasteiger partial charge in [0.1, 0.15) is 0 Å². The summed E-state index contributed by atoms with van der Waals surface area (Å²) in [6.07, 6.45) is 7.64. The van der Waals surface area contributed by atoms with Crippen molar-refractivity contribution in [3.05, 3.63) is 108 Å². The highest BCUT2D eigenvalue weighted by molar-refractivity contribution is 5.88. The summed E-state index contributed by atoms with van der Waals surface area (Å²) in [4.78, 5) is 10.5. The second-order valence-electron chi connectivity index (χ2n) is 8.56. The van der Waals surface area contributed by atoms with Gasteiger partial charge in [0, 0.05) is 57.2 Å². The number of hydrogen-bond donors (Lipinski definition) is 3. The Hall–Kier alpha value is -3.72. The van der Waals surface area contributed by atoms with Gasteiger partial charge in [-0.3, -0.25) is 0 Å². The lowest BCUT2D eigenvalue weighted by molar-refractivity contribution is 0.625. The van der Waals surface area contributed by atoms with E-state index in [2.05, 4.69) is 113 Å². The number of aromatic nitrogens is 3. The molecule has 0 fully saturated rings. The molecule has 0 radical (unpaired) electrons. The fourth-order valence-electron chi connectivity index (χ4n) is 5.17. The minimum absolute atomic E-state index is 0.288. The maximum Gasteiger partial charge on any atom is 0.0457 e. The molecule has 0 aliphatic rings. The van der Waals surface area contributed by atoms with E-state index in [0.29, 0.717) is 5.92 Å². The Kier molecular flexibility index (Phi) is 4.20. The van der Waals surface area contributed by atoms with Crippen LogP contribution in [0.5, 0.6) is 0 Å². The average Bonchev–Trinajstić information content (AvgIpc) is 3.54. The van der Waals surface area contributed by atoms with Gasteiger partial charge in [0.2, 0.25) is 0 Å². The van der Waals surface area contributed by atoms with E-state index in [9.17, 15) is 0 Å². The maximum atomic E-state index is 3.50. The summed E-state index contributed by atoms with van der Waals surface area (Å²) in [6.45, 7) is 2.35. The van der Waals surface area contributed by atoms with Crippen LogP contribution in [-0.2, 0) is 0 Å². The van der Waals surface area contributed by atoms with E-state index >= 15 is 0 Å². The molecule has 31 heavy (non-hydrogen) atoms. The van der Waals surface area contributed by atoms with Crippen LogP contribution in [0.1, 0.15) is 41.9 Å². The van der Waals surface area contributed by atoms with Gasteiger partial charge in [0.05, 0.1) is 0 Å². The zero-order chi connectivity index (χ0) is 20.8. The van der Waals surface area contributed by atoms with Crippen LogP contribution in [0.25, 0.3) is 32.7 Å². The molecule has 152 valence electrons. The number of para-hydroxylation sites is 3. The first kappa shape index (κ1) is 18.1. The van der Waals surface area contributed by atoms with Gasteiger partial charge in [0.25, 0.3) is 0 Å². The van der Waals surface area contributed by atoms with Crippen LogP contribution in [0.15, 0.2) is 91.4 Å². The van der Waals surface area contributed by atoms with Gasteiger partial charge in [-0.15, -0.1) is 0 Å². The lowest BCUT2D eigenvalue weighted by Gasteiger charge is -2.21. The Labute approximate surface area is 181 Å². The summed E-state index contributed by atoms with van der Waals surface area (Å²) in [5, 5.41) is 3.94. The number of nitrogens with one attached hydrogen (secondary N) is 3. The van der Waals surface area contributed by atoms with Crippen molar-refractivity contribution in [2.75, 3.05) is 0 Å². The number of fused-ring (bicyclic) bond motifs is 3. The molecule has 3 aromatic heterocycles. The maximum absolute atomic E-state index is 3.50. The second kappa shape index (κ2) is 7.21. The van der Waals surface area contributed by atoms with Crippen molar-refractivity contribution in [2.45, 2.75) is 25.2 Å². The normalized spacial score (nSPS) is 13.0. The number of benzene rings is 3. The molecule has 3 heterocycles. The van der Waals surface area contributed by atoms with E-state index in [1.807, 2.05) is 0 Å². The molecule has 3 heteroatoms. The van der Waals surface area contributed by atoms with Gasteiger partial charge in [-0.1, -0.05) is 61.5 Å². The van der Waals surface area contributed by atoms with Crippen LogP contribution in [0.2, 0.25) is 0 Å². The zero-order valence-electron chi connectivity index (χ0n) is 17.5. The van der Waals surface area contributed by atoms with E-state index in [1.165, 1.54) is 49.4 Å². The molecule has 0 saturated carbocycles. The highest BCUT2D eigenvalue weighted by Gasteiger charge is 2.25. The van der Waals surface area contributed by atoms with Crippen molar-refractivity contribution in [1.29, 1.82) is 0 Å². The molecule has 6 rings (SSSR count). The standard InChI is InChI=1S/C28H25N3/c1-18(23-15-29-26-11-5-2-8-19(23)26)14-22(24-16-30-27-12-6-3-9-20(24)27)25-17-31-28-13-7-4-10-21(25)28/h2-13,15-18,22,29-31H,14H2,1H3/t18-/m0/s1. The Bertz CT molecular complexity index is 1420. The topological polar surface area (TPSA) is 47.4 Å². The van der Waals surface area contributed by atoms with E-state index in [1.54, 1.807) is 0 Å². The van der Waals surface area contributed by atoms with Gasteiger partial charge >= 0.3 is 0 Å². The summed E-state index contributed by atoms with van der Waals surface area (Å²) in [5.74, 6) is 0.694. The number of H-pyrrole nitrogens is 3. The molecular weight excluding hydrogens is 378 g/mol. The molecule has 0 saturated heterocycles. The van der Waals surface area contributed by atoms with Crippen LogP contribution in [0, 0.1) is 0 Å². The average molecular weight is 404 g/mol. The van der Waals surface area contributed by atoms with Crippen LogP contribution in [0.4, 0.5) is 0 Å². The lowest BCUT2D eigenvalue weighted by atomic mass is 9.81. The fourth-order valence-corrected chi connectivity index (χ4v) is 5.17. The number of hydrogen-bond acceptors (Lipinski definition) is 0. The molecule has 0 bridgehead atoms. The Morgan fingerprint density at radius 3 is 1.42 bits per heavy atom. The van der Waals surface area contributed by atoms with Gasteiger partial charge in [-0.2, -0.15) is 0 Å². The highest BCUT2D eigenvalue weighted by Crippen LogP contribution is 2.41. The van der Waals surface area contributed by atoms with E-state index < -0.39 is 0 Å². The summed E-state index contributed by atoms with van der Waals surface area (Å²) in [5.41, 5.74) is 7.73. The van der Waals surface area contributed by atoms with Crippen LogP contribution in [0.3, 0.4) is 0 Å². The monoisotopic (exact) mass is 403 g/mol. The third kappa shape index (κ3) is 2.97. The second-order valence-corrected chi connectivity index (χ2v) is 8.56. The molecule has 0 spiro atoms. The molecule has 0 unspecified atom stereocenters. The first-order valence-electron chi connectivity index (χ1n) is 11.0. The predicted molar refractivity (Wildman–Crippen MR) is 130 cm³/mol. The molecule has 0 aliphatic carbocycles. The minimum Gasteiger partial charge on any atom is -0.361 e. The molecular formula is C28H25N3. The lowest BCUT2D eigenvalue weighted by Crippen LogP contribution is -2.05. The number of aromatic amines is 3. The smallest absolute Gasteiger partial charge is 0.0457 e. The zero-order valence-corrected chi connectivity index (χ0v) is 17.5. The first-order valence-corrected chi connectivity index (χ1v) is 11.0. The van der Waals surface area contributed by atoms with E-state index in [-0.39, 0.29) is 5.92 Å². The summed E-state index contributed by atoms with van der Waals surface area (Å²) in [6, 6.07) is 25.9. The van der Waals surface area contributed by atoms with Gasteiger partial charge in [-0.05, 0) is 47.2 Å². The first-order chi connectivity index (χ1) is 15.3. The van der Waals surface area contributed by atoms with E-state index in [4.69, 9.17) is 0 Å². The molecule has 0 aliphatic heterocycles. The third-order valence-electron chi connectivity index (χ3n) is 6.73. The molecule has 0 amide bonds. The Morgan fingerprint density at radius 2 is 0.935 bits per heavy atom. The van der Waals surface area contributed by atoms with Crippen molar-refractivity contribution in [3.63, 3.8) is 0 Å². The van der Waals surface area contributed by atoms with Crippen molar-refractivity contribution < 1.29 is 0 Å². The minimum atomic E-state index is 0.288. The van der Waals surface area contributed by atoms with Crippen molar-refractivity contribution in [2.24, 2.45) is 0 Å². The molecule has 3 aromatic carbocycles. The predicted octanol–water partition coefficient (Wildman–Crippen LogP) is 7.46. The van der Waals surface area contributed by atoms with E-state index in [0.717, 1.165) is 6.42 Å². The molecule has 1 atom stereocenters. The molecule has 3 N–H and O–H groups in total. The quantitative estimate of drug-likeness (QED) is 0.268. The fraction of sp³-hybridized carbons (Fsp3) is 0.143. The van der Waals surface area contributed by atoms with Gasteiger partial charge in [-0.25, -0.2) is 0 Å². The summed E-state index contributed by atoms with van der Waals surface area (Å²) >= 11 is 0. The van der Waals surface area contributed by atoms with Gasteiger partial charge < -0.3 is 15.0 Å². The van der Waals surface area contributed by atoms with Crippen molar-refractivity contribution in [1.82, 2.24) is 15.0 Å². The van der Waals surface area contributed by atoms with Crippen LogP contribution < -0.4 is 0 Å². The SMILES string of the molecule is C[C@@H](CC(c1c[nH]c2ccccc12)c1c[nH]c2ccccc12)c1c[nH]c2ccccc12. The molecule has 3 nitrogen and oxygen atoms in total. The Morgan fingerprint density at radius 1 is 0.548 bits per heavy atom. The third-order valence-corrected chi connectivity index (χ3v) is 6.73. The van der Waals surface area contributed by atoms with Gasteiger partial charge in [0.15, 0.2) is 0 Å². The van der Waals surface area contributed by atoms with Crippen molar-refractivity contribution >= 4 is 32.7 Å². The molecule has 6 aromatic rings. The van der Waals surface area contributed by atoms with Crippen LogP contribution >= 0.6 is 0 Å². The largest absolute Gasteiger partial charge is 0.361 e. The van der Waals surface area contributed by atoms with Crippen molar-refractivity contribution in [3.8, 4) is 0 Å². The summed E-state index contributed by atoms with van der Waals surface area (Å²) in [7, 11) is 0.